The zero-order valence-electron chi connectivity index (χ0n) is 21.4. The number of hydrogen-bond acceptors (Lipinski definition) is 5. The summed E-state index contributed by atoms with van der Waals surface area (Å²) in [6.45, 7) is 2.71. The predicted octanol–water partition coefficient (Wildman–Crippen LogP) is 6.19. The first-order valence-corrected chi connectivity index (χ1v) is 12.9. The molecule has 6 rings (SSSR count). The summed E-state index contributed by atoms with van der Waals surface area (Å²) in [5, 5.41) is 8.23. The molecule has 0 unspecified atom stereocenters. The maximum absolute atomic E-state index is 14.3. The van der Waals surface area contributed by atoms with E-state index >= 15 is 0 Å². The summed E-state index contributed by atoms with van der Waals surface area (Å²) in [6, 6.07) is 18.3. The summed E-state index contributed by atoms with van der Waals surface area (Å²) in [6.07, 6.45) is -0.753. The molecule has 0 bridgehead atoms. The zero-order valence-corrected chi connectivity index (χ0v) is 21.4. The minimum absolute atomic E-state index is 0.152. The van der Waals surface area contributed by atoms with Crippen LogP contribution < -0.4 is 4.74 Å². The zero-order chi connectivity index (χ0) is 27.0. The van der Waals surface area contributed by atoms with Crippen LogP contribution in [0, 0.1) is 0 Å². The topological polar surface area (TPSA) is 71.9 Å². The fourth-order valence-electron chi connectivity index (χ4n) is 5.17. The maximum Gasteiger partial charge on any atom is 0.422 e. The number of H-pyrrole nitrogens is 1. The van der Waals surface area contributed by atoms with Crippen molar-refractivity contribution >= 4 is 11.0 Å². The number of ether oxygens (including phenoxy) is 1. The Morgan fingerprint density at radius 3 is 2.46 bits per heavy atom. The molecule has 1 aliphatic heterocycles. The second-order valence-corrected chi connectivity index (χ2v) is 9.71. The van der Waals surface area contributed by atoms with Crippen molar-refractivity contribution in [2.45, 2.75) is 19.0 Å². The molecule has 1 aliphatic rings. The van der Waals surface area contributed by atoms with Gasteiger partial charge in [0.25, 0.3) is 0 Å². The van der Waals surface area contributed by atoms with Gasteiger partial charge in [0.2, 0.25) is 0 Å². The average Bonchev–Trinajstić information content (AvgIpc) is 3.69. The summed E-state index contributed by atoms with van der Waals surface area (Å²) in [7, 11) is 1.87. The molecule has 0 radical (unpaired) electrons. The summed E-state index contributed by atoms with van der Waals surface area (Å²) < 4.78 is 50.3. The summed E-state index contributed by atoms with van der Waals surface area (Å²) in [5.41, 5.74) is 2.67. The Bertz CT molecular complexity index is 1620. The van der Waals surface area contributed by atoms with E-state index in [4.69, 9.17) is 4.74 Å². The third kappa shape index (κ3) is 4.99. The molecule has 1 N–H and O–H groups in total. The number of halogens is 3. The van der Waals surface area contributed by atoms with Gasteiger partial charge in [-0.15, -0.1) is 10.2 Å². The van der Waals surface area contributed by atoms with Crippen molar-refractivity contribution < 1.29 is 17.9 Å². The molecule has 0 spiro atoms. The number of benzene rings is 3. The first kappa shape index (κ1) is 25.1. The van der Waals surface area contributed by atoms with Crippen LogP contribution in [-0.2, 0) is 13.2 Å². The summed E-state index contributed by atoms with van der Waals surface area (Å²) >= 11 is 0. The number of aromatic nitrogens is 5. The van der Waals surface area contributed by atoms with Gasteiger partial charge in [0, 0.05) is 24.7 Å². The van der Waals surface area contributed by atoms with Crippen molar-refractivity contribution in [3.05, 3.63) is 72.6 Å². The van der Waals surface area contributed by atoms with Crippen LogP contribution in [0.15, 0.2) is 67.0 Å². The Kier molecular flexibility index (Phi) is 6.56. The number of fused-ring (bicyclic) bond motifs is 1. The van der Waals surface area contributed by atoms with E-state index < -0.39 is 11.7 Å². The normalized spacial score (nSPS) is 14.4. The van der Waals surface area contributed by atoms with Crippen LogP contribution in [0.3, 0.4) is 0 Å². The highest BCUT2D eigenvalue weighted by Gasteiger charge is 2.38. The Morgan fingerprint density at radius 2 is 1.72 bits per heavy atom. The van der Waals surface area contributed by atoms with Crippen molar-refractivity contribution in [3.63, 3.8) is 0 Å². The number of likely N-dealkylation sites (tertiary alicyclic amines) is 1. The fourth-order valence-corrected chi connectivity index (χ4v) is 5.17. The number of hydrogen-bond donors (Lipinski definition) is 1. The van der Waals surface area contributed by atoms with Crippen molar-refractivity contribution in [2.75, 3.05) is 26.2 Å². The van der Waals surface area contributed by atoms with E-state index in [1.165, 1.54) is 6.07 Å². The van der Waals surface area contributed by atoms with Crippen LogP contribution in [0.25, 0.3) is 44.9 Å². The molecule has 1 saturated heterocycles. The van der Waals surface area contributed by atoms with Crippen molar-refractivity contribution in [1.29, 1.82) is 0 Å². The van der Waals surface area contributed by atoms with Crippen LogP contribution in [0.5, 0.6) is 5.75 Å². The van der Waals surface area contributed by atoms with Gasteiger partial charge >= 0.3 is 6.18 Å². The summed E-state index contributed by atoms with van der Waals surface area (Å²) in [5.74, 6) is 0.869. The van der Waals surface area contributed by atoms with Gasteiger partial charge in [-0.3, -0.25) is 4.90 Å². The smallest absolute Gasteiger partial charge is 0.422 e. The molecule has 7 nitrogen and oxygen atoms in total. The Labute approximate surface area is 223 Å². The Hall–Kier alpha value is -4.18. The monoisotopic (exact) mass is 532 g/mol. The number of alkyl halides is 3. The predicted molar refractivity (Wildman–Crippen MR) is 143 cm³/mol. The standard InChI is InChI=1S/C29H27F3N6O/c1-37-18-33-36-28(37)22-10-3-2-9-21(22)19-7-6-8-20(17-19)27-34-23-11-12-24(25(26(23)35-27)29(30,31)32)39-16-15-38-13-4-5-14-38/h2-3,6-12,17-18H,4-5,13-16H2,1H3,(H,34,35). The maximum atomic E-state index is 14.3. The van der Waals surface area contributed by atoms with Crippen LogP contribution in [0.2, 0.25) is 0 Å². The number of aromatic amines is 1. The average molecular weight is 533 g/mol. The van der Waals surface area contributed by atoms with Gasteiger partial charge in [-0.1, -0.05) is 42.5 Å². The molecule has 5 aromatic rings. The highest BCUT2D eigenvalue weighted by atomic mass is 19.4. The SMILES string of the molecule is Cn1cnnc1-c1ccccc1-c1cccc(-c2nc3c(C(F)(F)F)c(OCCN4CCCC4)ccc3[nH]2)c1. The number of nitrogens with zero attached hydrogens (tertiary/aromatic N) is 5. The van der Waals surface area contributed by atoms with Crippen molar-refractivity contribution in [1.82, 2.24) is 29.6 Å². The second kappa shape index (κ2) is 10.2. The molecule has 3 aromatic carbocycles. The lowest BCUT2D eigenvalue weighted by Crippen LogP contribution is -2.25. The quantitative estimate of drug-likeness (QED) is 0.271. The Morgan fingerprint density at radius 1 is 0.949 bits per heavy atom. The first-order chi connectivity index (χ1) is 18.9. The lowest BCUT2D eigenvalue weighted by Gasteiger charge is -2.17. The summed E-state index contributed by atoms with van der Waals surface area (Å²) in [4.78, 5) is 9.71. The Balaban J connectivity index is 1.36. The van der Waals surface area contributed by atoms with E-state index in [0.29, 0.717) is 29.3 Å². The third-order valence-electron chi connectivity index (χ3n) is 7.09. The molecule has 1 fully saturated rings. The molecule has 0 amide bonds. The molecule has 200 valence electrons. The van der Waals surface area contributed by atoms with E-state index in [0.717, 1.165) is 42.6 Å². The van der Waals surface area contributed by atoms with Gasteiger partial charge in [-0.05, 0) is 55.3 Å². The van der Waals surface area contributed by atoms with Gasteiger partial charge in [-0.25, -0.2) is 4.98 Å². The van der Waals surface area contributed by atoms with Crippen LogP contribution in [0.1, 0.15) is 18.4 Å². The molecule has 2 aromatic heterocycles. The van der Waals surface area contributed by atoms with Gasteiger partial charge < -0.3 is 14.3 Å². The van der Waals surface area contributed by atoms with E-state index in [-0.39, 0.29) is 17.9 Å². The largest absolute Gasteiger partial charge is 0.492 e. The third-order valence-corrected chi connectivity index (χ3v) is 7.09. The van der Waals surface area contributed by atoms with Crippen LogP contribution in [0.4, 0.5) is 13.2 Å². The molecule has 0 saturated carbocycles. The van der Waals surface area contributed by atoms with Crippen LogP contribution in [-0.4, -0.2) is 55.9 Å². The first-order valence-electron chi connectivity index (χ1n) is 12.9. The van der Waals surface area contributed by atoms with Crippen molar-refractivity contribution in [3.8, 4) is 39.7 Å². The lowest BCUT2D eigenvalue weighted by molar-refractivity contribution is -0.137. The second-order valence-electron chi connectivity index (χ2n) is 9.71. The van der Waals surface area contributed by atoms with Crippen molar-refractivity contribution in [2.24, 2.45) is 7.05 Å². The van der Waals surface area contributed by atoms with Gasteiger partial charge in [0.05, 0.1) is 5.52 Å². The van der Waals surface area contributed by atoms with E-state index in [9.17, 15) is 13.2 Å². The van der Waals surface area contributed by atoms with E-state index in [1.807, 2.05) is 60.1 Å². The van der Waals surface area contributed by atoms with E-state index in [2.05, 4.69) is 25.1 Å². The number of rotatable bonds is 7. The molecule has 3 heterocycles. The lowest BCUT2D eigenvalue weighted by atomic mass is 9.97. The molecule has 0 aliphatic carbocycles. The molecular weight excluding hydrogens is 505 g/mol. The molecule has 0 atom stereocenters. The van der Waals surface area contributed by atoms with Gasteiger partial charge in [-0.2, -0.15) is 13.2 Å². The van der Waals surface area contributed by atoms with Gasteiger partial charge in [0.1, 0.15) is 35.6 Å². The highest BCUT2D eigenvalue weighted by Crippen LogP contribution is 2.41. The minimum Gasteiger partial charge on any atom is -0.492 e. The van der Waals surface area contributed by atoms with Crippen LogP contribution >= 0.6 is 0 Å². The fraction of sp³-hybridized carbons (Fsp3) is 0.276. The van der Waals surface area contributed by atoms with E-state index in [1.54, 1.807) is 12.4 Å². The number of nitrogens with one attached hydrogen (secondary N) is 1. The molecule has 39 heavy (non-hydrogen) atoms. The number of aryl methyl sites for hydroxylation is 1. The number of imidazole rings is 1. The molecular formula is C29H27F3N6O. The van der Waals surface area contributed by atoms with Gasteiger partial charge in [0.15, 0.2) is 5.82 Å². The minimum atomic E-state index is -4.62. The molecule has 10 heteroatoms. The highest BCUT2D eigenvalue weighted by molar-refractivity contribution is 5.87.